The number of H-pyrrole nitrogens is 1. The zero-order valence-electron chi connectivity index (χ0n) is 15.1. The minimum Gasteiger partial charge on any atom is -0.388 e. The zero-order valence-corrected chi connectivity index (χ0v) is 16.0. The molecule has 7 nitrogen and oxygen atoms in total. The number of rotatable bonds is 7. The molecule has 4 atom stereocenters. The second-order valence-corrected chi connectivity index (χ2v) is 11.7. The monoisotopic (exact) mass is 372 g/mol. The average Bonchev–Trinajstić information content (AvgIpc) is 2.80. The van der Waals surface area contributed by atoms with Crippen LogP contribution in [0.25, 0.3) is 0 Å². The molecule has 8 heteroatoms. The van der Waals surface area contributed by atoms with Crippen LogP contribution in [-0.2, 0) is 11.3 Å². The van der Waals surface area contributed by atoms with Crippen LogP contribution in [-0.4, -0.2) is 63.9 Å². The molecule has 0 aliphatic carbocycles. The lowest BCUT2D eigenvalue weighted by atomic mass is 10.0. The van der Waals surface area contributed by atoms with Crippen molar-refractivity contribution in [3.8, 4) is 0 Å². The molecule has 2 rings (SSSR count). The average molecular weight is 372 g/mol. The first-order chi connectivity index (χ1) is 11.6. The summed E-state index contributed by atoms with van der Waals surface area (Å²) in [5, 5.41) is 20.6. The van der Waals surface area contributed by atoms with Gasteiger partial charge in [0, 0.05) is 12.7 Å². The fourth-order valence-corrected chi connectivity index (χ4v) is 3.90. The van der Waals surface area contributed by atoms with Crippen molar-refractivity contribution in [3.63, 3.8) is 0 Å². The molecule has 1 aliphatic heterocycles. The third-order valence-corrected chi connectivity index (χ3v) is 5.95. The van der Waals surface area contributed by atoms with Crippen molar-refractivity contribution in [2.24, 2.45) is 0 Å². The van der Waals surface area contributed by atoms with Crippen LogP contribution < -0.4 is 11.2 Å². The molecule has 1 saturated heterocycles. The van der Waals surface area contributed by atoms with E-state index in [1.54, 1.807) is 0 Å². The van der Waals surface area contributed by atoms with Crippen LogP contribution >= 0.6 is 6.89 Å². The highest BCUT2D eigenvalue weighted by Gasteiger charge is 2.44. The Kier molecular flexibility index (Phi) is 6.49. The van der Waals surface area contributed by atoms with E-state index in [0.717, 1.165) is 19.0 Å². The molecule has 0 unspecified atom stereocenters. The summed E-state index contributed by atoms with van der Waals surface area (Å²) in [6.45, 7) is 5.40. The van der Waals surface area contributed by atoms with E-state index in [2.05, 4.69) is 24.6 Å². The molecule has 142 valence electrons. The Morgan fingerprint density at radius 1 is 1.32 bits per heavy atom. The number of aliphatic hydroxyl groups is 2. The second kappa shape index (κ2) is 8.04. The zero-order chi connectivity index (χ0) is 18.8. The van der Waals surface area contributed by atoms with Gasteiger partial charge >= 0.3 is 5.69 Å². The number of aromatic amines is 1. The maximum atomic E-state index is 12.2. The number of nitrogens with zero attached hydrogens (tertiary/aromatic N) is 1. The third kappa shape index (κ3) is 4.94. The van der Waals surface area contributed by atoms with E-state index in [9.17, 15) is 19.8 Å². The molecule has 1 aromatic heterocycles. The molecule has 2 heterocycles. The number of nitrogens with one attached hydrogen (secondary N) is 1. The van der Waals surface area contributed by atoms with Crippen LogP contribution in [0.5, 0.6) is 0 Å². The van der Waals surface area contributed by atoms with Gasteiger partial charge in [-0.1, -0.05) is 13.3 Å². The Hall–Kier alpha value is -1.14. The van der Waals surface area contributed by atoms with Crippen molar-refractivity contribution in [2.45, 2.75) is 57.1 Å². The fourth-order valence-electron chi connectivity index (χ4n) is 2.94. The van der Waals surface area contributed by atoms with Gasteiger partial charge in [0.05, 0.1) is 11.7 Å². The summed E-state index contributed by atoms with van der Waals surface area (Å²) >= 11 is 0. The first-order valence-corrected chi connectivity index (χ1v) is 11.7. The summed E-state index contributed by atoms with van der Waals surface area (Å²) in [4.78, 5) is 26.3. The molecule has 0 bridgehead atoms. The summed E-state index contributed by atoms with van der Waals surface area (Å²) in [6.07, 6.45) is 4.93. The van der Waals surface area contributed by atoms with E-state index in [-0.39, 0.29) is 5.56 Å². The van der Waals surface area contributed by atoms with Gasteiger partial charge in [-0.25, -0.2) is 4.79 Å². The molecule has 3 N–H and O–H groups in total. The van der Waals surface area contributed by atoms with Crippen LogP contribution in [0.4, 0.5) is 0 Å². The predicted molar refractivity (Wildman–Crippen MR) is 101 cm³/mol. The van der Waals surface area contributed by atoms with E-state index < -0.39 is 42.6 Å². The Labute approximate surface area is 147 Å². The standard InChI is InChI=1S/C17H29N2O5P/c1-5-6-8-19-10-11(16(22)18-17(19)23)15-14(21)13(20)12(24-15)7-9-25(2,3)4/h10,12-15,20-21H,2,5-9H2,1,3-4H3,(H,18,22,23)/t12-,13-,14-,15+/m1/s1. The molecule has 0 aromatic carbocycles. The lowest BCUT2D eigenvalue weighted by Gasteiger charge is -2.18. The normalized spacial score (nSPS) is 26.9. The summed E-state index contributed by atoms with van der Waals surface area (Å²) in [5.74, 6) is 0. The number of hydrogen-bond donors (Lipinski definition) is 3. The number of ether oxygens (including phenoxy) is 1. The lowest BCUT2D eigenvalue weighted by molar-refractivity contribution is 0.00493. The quantitative estimate of drug-likeness (QED) is 0.608. The van der Waals surface area contributed by atoms with Gasteiger partial charge in [0.25, 0.3) is 5.56 Å². The second-order valence-electron chi connectivity index (χ2n) is 7.41. The molecule has 0 radical (unpaired) electrons. The summed E-state index contributed by atoms with van der Waals surface area (Å²) < 4.78 is 7.22. The van der Waals surface area contributed by atoms with Gasteiger partial charge in [-0.2, -0.15) is 0 Å². The summed E-state index contributed by atoms with van der Waals surface area (Å²) in [5.41, 5.74) is -0.886. The van der Waals surface area contributed by atoms with E-state index in [4.69, 9.17) is 4.74 Å². The van der Waals surface area contributed by atoms with E-state index in [1.165, 1.54) is 10.8 Å². The molecule has 0 amide bonds. The molecule has 0 saturated carbocycles. The van der Waals surface area contributed by atoms with E-state index >= 15 is 0 Å². The molecule has 0 spiro atoms. The van der Waals surface area contributed by atoms with Gasteiger partial charge in [0.1, 0.15) is 18.3 Å². The highest BCUT2D eigenvalue weighted by atomic mass is 31.2. The predicted octanol–water partition coefficient (Wildman–Crippen LogP) is 0.598. The summed E-state index contributed by atoms with van der Waals surface area (Å²) in [6, 6.07) is 0. The number of unbranched alkanes of at least 4 members (excludes halogenated alkanes) is 1. The van der Waals surface area contributed by atoms with Crippen LogP contribution in [0, 0.1) is 0 Å². The topological polar surface area (TPSA) is 105 Å². The fraction of sp³-hybridized carbons (Fsp3) is 0.706. The van der Waals surface area contributed by atoms with Crippen LogP contribution in [0.15, 0.2) is 15.8 Å². The maximum absolute atomic E-state index is 12.2. The number of aromatic nitrogens is 2. The number of hydrogen-bond acceptors (Lipinski definition) is 5. The van der Waals surface area contributed by atoms with E-state index in [0.29, 0.717) is 13.0 Å². The molecule has 25 heavy (non-hydrogen) atoms. The summed E-state index contributed by atoms with van der Waals surface area (Å²) in [7, 11) is 0. The Balaban J connectivity index is 2.24. The Bertz CT molecular complexity index is 750. The van der Waals surface area contributed by atoms with Crippen LogP contribution in [0.2, 0.25) is 0 Å². The molecular weight excluding hydrogens is 343 g/mol. The third-order valence-electron chi connectivity index (χ3n) is 4.48. The van der Waals surface area contributed by atoms with Crippen molar-refractivity contribution in [1.82, 2.24) is 9.55 Å². The lowest BCUT2D eigenvalue weighted by Crippen LogP contribution is -2.35. The van der Waals surface area contributed by atoms with Gasteiger partial charge < -0.3 is 19.5 Å². The molecule has 1 aromatic rings. The van der Waals surface area contributed by atoms with Gasteiger partial charge in [0.15, 0.2) is 0 Å². The molecule has 1 aliphatic rings. The van der Waals surface area contributed by atoms with Crippen molar-refractivity contribution in [2.75, 3.05) is 19.5 Å². The number of aliphatic hydroxyl groups excluding tert-OH is 2. The minimum atomic E-state index is -1.28. The number of aryl methyl sites for hydroxylation is 1. The minimum absolute atomic E-state index is 0.174. The van der Waals surface area contributed by atoms with Gasteiger partial charge in [-0.05, 0) is 32.3 Å². The smallest absolute Gasteiger partial charge is 0.328 e. The maximum Gasteiger partial charge on any atom is 0.328 e. The van der Waals surface area contributed by atoms with Crippen molar-refractivity contribution in [3.05, 3.63) is 32.6 Å². The van der Waals surface area contributed by atoms with Crippen LogP contribution in [0.3, 0.4) is 0 Å². The SMILES string of the molecule is C=P(C)(C)CC[C@H]1O[C@@H](c2cn(CCCC)c(=O)[nH]c2=O)[C@H](O)[C@@H]1O. The largest absolute Gasteiger partial charge is 0.388 e. The molecular formula is C17H29N2O5P. The highest BCUT2D eigenvalue weighted by Crippen LogP contribution is 2.40. The highest BCUT2D eigenvalue weighted by molar-refractivity contribution is 7.72. The first-order valence-electron chi connectivity index (χ1n) is 8.66. The van der Waals surface area contributed by atoms with Crippen molar-refractivity contribution in [1.29, 1.82) is 0 Å². The van der Waals surface area contributed by atoms with E-state index in [1.807, 2.05) is 6.92 Å². The first kappa shape index (κ1) is 20.2. The Morgan fingerprint density at radius 2 is 2.00 bits per heavy atom. The van der Waals surface area contributed by atoms with Crippen molar-refractivity contribution < 1.29 is 14.9 Å². The van der Waals surface area contributed by atoms with Crippen molar-refractivity contribution >= 4 is 13.2 Å². The van der Waals surface area contributed by atoms with Crippen LogP contribution in [0.1, 0.15) is 37.9 Å². The molecule has 1 fully saturated rings. The van der Waals surface area contributed by atoms with Gasteiger partial charge in [-0.3, -0.25) is 9.78 Å². The van der Waals surface area contributed by atoms with Gasteiger partial charge in [-0.15, -0.1) is 13.2 Å². The Morgan fingerprint density at radius 3 is 2.60 bits per heavy atom. The van der Waals surface area contributed by atoms with Gasteiger partial charge in [0.2, 0.25) is 0 Å².